The molecule has 0 saturated heterocycles. The minimum atomic E-state index is -0.599. The van der Waals surface area contributed by atoms with Crippen LogP contribution in [0.3, 0.4) is 0 Å². The van der Waals surface area contributed by atoms with Gasteiger partial charge in [-0.3, -0.25) is 4.79 Å². The molecule has 0 spiro atoms. The molecule has 0 saturated carbocycles. The molecule has 0 fully saturated rings. The van der Waals surface area contributed by atoms with Crippen molar-refractivity contribution in [3.8, 4) is 0 Å². The summed E-state index contributed by atoms with van der Waals surface area (Å²) < 4.78 is 5.96. The number of hydrogen-bond acceptors (Lipinski definition) is 2. The molecule has 3 heteroatoms. The standard InChI is InChI=1S/C20H25NO2/c1-19(2,3)20(23-4,17-13-9-6-10-14-17)15-21-18(22)16-11-7-5-8-12-16/h5-14H,15H2,1-4H3,(H,21,22). The lowest BCUT2D eigenvalue weighted by molar-refractivity contribution is -0.0952. The first-order valence-electron chi connectivity index (χ1n) is 7.84. The fourth-order valence-corrected chi connectivity index (χ4v) is 2.90. The van der Waals surface area contributed by atoms with Crippen LogP contribution in [0.15, 0.2) is 60.7 Å². The second kappa shape index (κ2) is 6.97. The summed E-state index contributed by atoms with van der Waals surface area (Å²) in [6.07, 6.45) is 0. The first kappa shape index (κ1) is 17.2. The van der Waals surface area contributed by atoms with E-state index in [4.69, 9.17) is 4.74 Å². The molecule has 2 rings (SSSR count). The summed E-state index contributed by atoms with van der Waals surface area (Å²) >= 11 is 0. The van der Waals surface area contributed by atoms with Crippen LogP contribution in [0.4, 0.5) is 0 Å². The predicted molar refractivity (Wildman–Crippen MR) is 93.4 cm³/mol. The second-order valence-electron chi connectivity index (χ2n) is 6.70. The zero-order valence-corrected chi connectivity index (χ0v) is 14.3. The normalized spacial score (nSPS) is 14.1. The fourth-order valence-electron chi connectivity index (χ4n) is 2.90. The Hall–Kier alpha value is -2.13. The maximum atomic E-state index is 12.4. The van der Waals surface area contributed by atoms with Gasteiger partial charge in [-0.05, 0) is 23.1 Å². The van der Waals surface area contributed by atoms with Crippen LogP contribution in [0.1, 0.15) is 36.7 Å². The molecule has 0 aromatic heterocycles. The van der Waals surface area contributed by atoms with Crippen molar-refractivity contribution in [3.63, 3.8) is 0 Å². The molecule has 0 aliphatic carbocycles. The maximum Gasteiger partial charge on any atom is 0.251 e. The summed E-state index contributed by atoms with van der Waals surface area (Å²) in [4.78, 5) is 12.4. The van der Waals surface area contributed by atoms with E-state index in [-0.39, 0.29) is 11.3 Å². The molecule has 23 heavy (non-hydrogen) atoms. The van der Waals surface area contributed by atoms with Gasteiger partial charge in [0.05, 0.1) is 6.54 Å². The Bertz CT molecular complexity index is 632. The van der Waals surface area contributed by atoms with Crippen LogP contribution >= 0.6 is 0 Å². The Morgan fingerprint density at radius 1 is 0.957 bits per heavy atom. The molecule has 3 nitrogen and oxygen atoms in total. The fraction of sp³-hybridized carbons (Fsp3) is 0.350. The Morgan fingerprint density at radius 3 is 1.96 bits per heavy atom. The summed E-state index contributed by atoms with van der Waals surface area (Å²) in [5.41, 5.74) is 0.925. The molecule has 0 heterocycles. The highest BCUT2D eigenvalue weighted by molar-refractivity contribution is 5.94. The molecular formula is C20H25NO2. The summed E-state index contributed by atoms with van der Waals surface area (Å²) in [6, 6.07) is 19.3. The molecule has 1 atom stereocenters. The highest BCUT2D eigenvalue weighted by Crippen LogP contribution is 2.41. The highest BCUT2D eigenvalue weighted by atomic mass is 16.5. The van der Waals surface area contributed by atoms with Gasteiger partial charge in [-0.2, -0.15) is 0 Å². The Kier molecular flexibility index (Phi) is 5.22. The van der Waals surface area contributed by atoms with Crippen molar-refractivity contribution in [2.45, 2.75) is 26.4 Å². The third kappa shape index (κ3) is 3.62. The third-order valence-electron chi connectivity index (χ3n) is 4.33. The predicted octanol–water partition coefficient (Wildman–Crippen LogP) is 4.00. The van der Waals surface area contributed by atoms with Gasteiger partial charge >= 0.3 is 0 Å². The molecular weight excluding hydrogens is 286 g/mol. The van der Waals surface area contributed by atoms with Crippen LogP contribution in [0.25, 0.3) is 0 Å². The van der Waals surface area contributed by atoms with Crippen LogP contribution in [0, 0.1) is 5.41 Å². The maximum absolute atomic E-state index is 12.4. The molecule has 122 valence electrons. The minimum Gasteiger partial charge on any atom is -0.371 e. The Balaban J connectivity index is 2.28. The first-order chi connectivity index (χ1) is 10.9. The lowest BCUT2D eigenvalue weighted by atomic mass is 9.71. The number of amides is 1. The third-order valence-corrected chi connectivity index (χ3v) is 4.33. The van der Waals surface area contributed by atoms with E-state index in [2.05, 4.69) is 26.1 Å². The summed E-state index contributed by atoms with van der Waals surface area (Å²) in [5.74, 6) is -0.0905. The number of rotatable bonds is 5. The van der Waals surface area contributed by atoms with Gasteiger partial charge in [0, 0.05) is 12.7 Å². The van der Waals surface area contributed by atoms with E-state index in [1.54, 1.807) is 7.11 Å². The first-order valence-corrected chi connectivity index (χ1v) is 7.84. The molecule has 0 radical (unpaired) electrons. The van der Waals surface area contributed by atoms with Crippen molar-refractivity contribution in [1.29, 1.82) is 0 Å². The zero-order valence-electron chi connectivity index (χ0n) is 14.3. The largest absolute Gasteiger partial charge is 0.371 e. The van der Waals surface area contributed by atoms with Crippen LogP contribution in [0.5, 0.6) is 0 Å². The number of benzene rings is 2. The van der Waals surface area contributed by atoms with E-state index in [9.17, 15) is 4.79 Å². The number of hydrogen-bond donors (Lipinski definition) is 1. The van der Waals surface area contributed by atoms with Crippen LogP contribution < -0.4 is 5.32 Å². The molecule has 1 amide bonds. The summed E-state index contributed by atoms with van der Waals surface area (Å²) in [5, 5.41) is 3.03. The summed E-state index contributed by atoms with van der Waals surface area (Å²) in [6.45, 7) is 6.78. The number of carbonyl (C=O) groups excluding carboxylic acids is 1. The van der Waals surface area contributed by atoms with Gasteiger partial charge in [0.1, 0.15) is 5.60 Å². The smallest absolute Gasteiger partial charge is 0.251 e. The zero-order chi connectivity index (χ0) is 16.9. The monoisotopic (exact) mass is 311 g/mol. The van der Waals surface area contributed by atoms with Gasteiger partial charge in [-0.15, -0.1) is 0 Å². The molecule has 2 aromatic rings. The van der Waals surface area contributed by atoms with Crippen molar-refractivity contribution in [2.75, 3.05) is 13.7 Å². The Labute approximate surface area is 138 Å². The van der Waals surface area contributed by atoms with E-state index in [0.29, 0.717) is 12.1 Å². The van der Waals surface area contributed by atoms with E-state index < -0.39 is 5.60 Å². The Morgan fingerprint density at radius 2 is 1.48 bits per heavy atom. The minimum absolute atomic E-state index is 0.0905. The quantitative estimate of drug-likeness (QED) is 0.906. The van der Waals surface area contributed by atoms with Crippen LogP contribution in [0.2, 0.25) is 0 Å². The van der Waals surface area contributed by atoms with Gasteiger partial charge in [0.2, 0.25) is 0 Å². The van der Waals surface area contributed by atoms with Crippen molar-refractivity contribution in [3.05, 3.63) is 71.8 Å². The topological polar surface area (TPSA) is 38.3 Å². The van der Waals surface area contributed by atoms with Gasteiger partial charge in [0.15, 0.2) is 0 Å². The van der Waals surface area contributed by atoms with E-state index in [0.717, 1.165) is 5.56 Å². The number of ether oxygens (including phenoxy) is 1. The van der Waals surface area contributed by atoms with Gasteiger partial charge in [-0.25, -0.2) is 0 Å². The second-order valence-corrected chi connectivity index (χ2v) is 6.70. The molecule has 2 aromatic carbocycles. The average Bonchev–Trinajstić information content (AvgIpc) is 2.56. The number of methoxy groups -OCH3 is 1. The van der Waals surface area contributed by atoms with Gasteiger partial charge < -0.3 is 10.1 Å². The molecule has 0 aliphatic heterocycles. The molecule has 1 unspecified atom stereocenters. The SMILES string of the molecule is COC(CNC(=O)c1ccccc1)(c1ccccc1)C(C)(C)C. The van der Waals surface area contributed by atoms with Crippen molar-refractivity contribution in [1.82, 2.24) is 5.32 Å². The number of nitrogens with one attached hydrogen (secondary N) is 1. The van der Waals surface area contributed by atoms with E-state index in [1.165, 1.54) is 0 Å². The van der Waals surface area contributed by atoms with Gasteiger partial charge in [-0.1, -0.05) is 69.3 Å². The van der Waals surface area contributed by atoms with Crippen molar-refractivity contribution < 1.29 is 9.53 Å². The van der Waals surface area contributed by atoms with Crippen LogP contribution in [-0.4, -0.2) is 19.6 Å². The highest BCUT2D eigenvalue weighted by Gasteiger charge is 2.44. The lowest BCUT2D eigenvalue weighted by Gasteiger charge is -2.44. The van der Waals surface area contributed by atoms with Crippen LogP contribution in [-0.2, 0) is 10.3 Å². The van der Waals surface area contributed by atoms with Crippen molar-refractivity contribution in [2.24, 2.45) is 5.41 Å². The van der Waals surface area contributed by atoms with E-state index in [1.807, 2.05) is 60.7 Å². The van der Waals surface area contributed by atoms with Gasteiger partial charge in [0.25, 0.3) is 5.91 Å². The molecule has 1 N–H and O–H groups in total. The summed E-state index contributed by atoms with van der Waals surface area (Å²) in [7, 11) is 1.70. The molecule has 0 bridgehead atoms. The van der Waals surface area contributed by atoms with E-state index >= 15 is 0 Å². The number of carbonyl (C=O) groups is 1. The average molecular weight is 311 g/mol. The molecule has 0 aliphatic rings. The van der Waals surface area contributed by atoms with Crippen molar-refractivity contribution >= 4 is 5.91 Å². The lowest BCUT2D eigenvalue weighted by Crippen LogP contribution is -2.50.